The third-order valence-electron chi connectivity index (χ3n) is 5.25. The van der Waals surface area contributed by atoms with Gasteiger partial charge in [-0.3, -0.25) is 4.79 Å². The molecule has 29 heavy (non-hydrogen) atoms. The second kappa shape index (κ2) is 8.73. The van der Waals surface area contributed by atoms with Crippen LogP contribution in [0.3, 0.4) is 0 Å². The van der Waals surface area contributed by atoms with E-state index >= 15 is 0 Å². The number of benzene rings is 2. The van der Waals surface area contributed by atoms with Gasteiger partial charge in [0.15, 0.2) is 0 Å². The predicted molar refractivity (Wildman–Crippen MR) is 112 cm³/mol. The number of nitrogens with one attached hydrogen (secondary N) is 1. The van der Waals surface area contributed by atoms with Crippen LogP contribution in [0, 0.1) is 5.41 Å². The average Bonchev–Trinajstić information content (AvgIpc) is 2.72. The van der Waals surface area contributed by atoms with Crippen molar-refractivity contribution < 1.29 is 17.9 Å². The van der Waals surface area contributed by atoms with Crippen molar-refractivity contribution >= 4 is 27.5 Å². The first-order valence-corrected chi connectivity index (χ1v) is 11.2. The molecule has 1 aliphatic heterocycles. The molecule has 8 heteroatoms. The van der Waals surface area contributed by atoms with Crippen molar-refractivity contribution in [3.8, 4) is 5.75 Å². The first-order chi connectivity index (χ1) is 13.8. The van der Waals surface area contributed by atoms with Crippen LogP contribution < -0.4 is 10.1 Å². The largest absolute Gasteiger partial charge is 0.495 e. The molecule has 3 rings (SSSR count). The maximum atomic E-state index is 13.3. The van der Waals surface area contributed by atoms with Crippen molar-refractivity contribution in [1.82, 2.24) is 9.62 Å². The zero-order chi connectivity index (χ0) is 21.1. The lowest BCUT2D eigenvalue weighted by Crippen LogP contribution is -2.51. The Bertz CT molecular complexity index is 981. The highest BCUT2D eigenvalue weighted by molar-refractivity contribution is 7.89. The van der Waals surface area contributed by atoms with E-state index in [4.69, 9.17) is 16.3 Å². The quantitative estimate of drug-likeness (QED) is 0.752. The molecular formula is C21H25ClN2O4S. The Labute approximate surface area is 176 Å². The number of hydrogen-bond donors (Lipinski definition) is 1. The normalized spacial score (nSPS) is 20.2. The van der Waals surface area contributed by atoms with Crippen LogP contribution in [0.5, 0.6) is 5.75 Å². The van der Waals surface area contributed by atoms with Gasteiger partial charge in [-0.15, -0.1) is 0 Å². The Balaban J connectivity index is 1.78. The molecule has 6 nitrogen and oxygen atoms in total. The Hall–Kier alpha value is -2.09. The van der Waals surface area contributed by atoms with E-state index in [0.717, 1.165) is 5.56 Å². The summed E-state index contributed by atoms with van der Waals surface area (Å²) in [6, 6.07) is 14.1. The van der Waals surface area contributed by atoms with Gasteiger partial charge in [-0.25, -0.2) is 8.42 Å². The van der Waals surface area contributed by atoms with Crippen molar-refractivity contribution in [3.05, 3.63) is 59.1 Å². The highest BCUT2D eigenvalue weighted by Crippen LogP contribution is 2.36. The van der Waals surface area contributed by atoms with Crippen molar-refractivity contribution in [2.24, 2.45) is 5.41 Å². The fourth-order valence-electron chi connectivity index (χ4n) is 3.57. The summed E-state index contributed by atoms with van der Waals surface area (Å²) < 4.78 is 33.1. The second-order valence-corrected chi connectivity index (χ2v) is 9.81. The minimum Gasteiger partial charge on any atom is -0.495 e. The first-order valence-electron chi connectivity index (χ1n) is 9.42. The smallest absolute Gasteiger partial charge is 0.246 e. The molecule has 1 atom stereocenters. The molecule has 156 valence electrons. The van der Waals surface area contributed by atoms with E-state index in [1.165, 1.54) is 23.5 Å². The second-order valence-electron chi connectivity index (χ2n) is 7.47. The summed E-state index contributed by atoms with van der Waals surface area (Å²) >= 11 is 6.02. The maximum absolute atomic E-state index is 13.3. The number of halogens is 1. The molecule has 1 heterocycles. The van der Waals surface area contributed by atoms with E-state index in [9.17, 15) is 13.2 Å². The average molecular weight is 437 g/mol. The van der Waals surface area contributed by atoms with Gasteiger partial charge >= 0.3 is 0 Å². The minimum absolute atomic E-state index is 0.0152. The van der Waals surface area contributed by atoms with Crippen LogP contribution in [0.25, 0.3) is 0 Å². The van der Waals surface area contributed by atoms with Crippen LogP contribution in [0.1, 0.15) is 25.3 Å². The predicted octanol–water partition coefficient (Wildman–Crippen LogP) is 3.46. The maximum Gasteiger partial charge on any atom is 0.246 e. The van der Waals surface area contributed by atoms with E-state index in [2.05, 4.69) is 5.32 Å². The van der Waals surface area contributed by atoms with E-state index in [-0.39, 0.29) is 23.1 Å². The van der Waals surface area contributed by atoms with Crippen LogP contribution >= 0.6 is 11.6 Å². The molecule has 0 aliphatic carbocycles. The van der Waals surface area contributed by atoms with Gasteiger partial charge in [0, 0.05) is 24.7 Å². The Morgan fingerprint density at radius 3 is 2.66 bits per heavy atom. The number of ether oxygens (including phenoxy) is 1. The third kappa shape index (κ3) is 4.74. The summed E-state index contributed by atoms with van der Waals surface area (Å²) in [6.45, 7) is 2.67. The number of hydrogen-bond acceptors (Lipinski definition) is 4. The van der Waals surface area contributed by atoms with Gasteiger partial charge in [-0.1, -0.05) is 41.9 Å². The van der Waals surface area contributed by atoms with Crippen LogP contribution in [0.2, 0.25) is 5.02 Å². The summed E-state index contributed by atoms with van der Waals surface area (Å²) in [5.74, 6) is 0.0783. The number of methoxy groups -OCH3 is 1. The SMILES string of the molecule is COc1ccc(Cl)cc1S(=O)(=O)N1CCC[C@](C)(C(=O)NCc2ccccc2)C1. The summed E-state index contributed by atoms with van der Waals surface area (Å²) in [7, 11) is -2.44. The molecular weight excluding hydrogens is 412 g/mol. The van der Waals surface area contributed by atoms with Crippen molar-refractivity contribution in [3.63, 3.8) is 0 Å². The molecule has 0 saturated carbocycles. The number of piperidine rings is 1. The molecule has 0 bridgehead atoms. The van der Waals surface area contributed by atoms with E-state index in [1.54, 1.807) is 6.07 Å². The number of sulfonamides is 1. The van der Waals surface area contributed by atoms with Crippen molar-refractivity contribution in [2.45, 2.75) is 31.2 Å². The van der Waals surface area contributed by atoms with Gasteiger partial charge in [0.1, 0.15) is 10.6 Å². The first kappa shape index (κ1) is 21.6. The molecule has 2 aromatic carbocycles. The van der Waals surface area contributed by atoms with Crippen LogP contribution in [-0.4, -0.2) is 38.8 Å². The summed E-state index contributed by atoms with van der Waals surface area (Å²) in [5.41, 5.74) is 0.180. The fourth-order valence-corrected chi connectivity index (χ4v) is 5.59. The van der Waals surface area contributed by atoms with E-state index in [0.29, 0.717) is 31.0 Å². The molecule has 2 aromatic rings. The van der Waals surface area contributed by atoms with Crippen molar-refractivity contribution in [1.29, 1.82) is 0 Å². The van der Waals surface area contributed by atoms with Gasteiger partial charge in [0.2, 0.25) is 15.9 Å². The third-order valence-corrected chi connectivity index (χ3v) is 7.35. The summed E-state index contributed by atoms with van der Waals surface area (Å²) in [5, 5.41) is 3.26. The van der Waals surface area contributed by atoms with Gasteiger partial charge in [0.25, 0.3) is 0 Å². The van der Waals surface area contributed by atoms with Crippen LogP contribution in [0.15, 0.2) is 53.4 Å². The topological polar surface area (TPSA) is 75.7 Å². The van der Waals surface area contributed by atoms with Crippen LogP contribution in [-0.2, 0) is 21.4 Å². The lowest BCUT2D eigenvalue weighted by atomic mass is 9.82. The molecule has 0 radical (unpaired) electrons. The molecule has 0 spiro atoms. The molecule has 0 aromatic heterocycles. The highest BCUT2D eigenvalue weighted by atomic mass is 35.5. The molecule has 1 saturated heterocycles. The van der Waals surface area contributed by atoms with Crippen molar-refractivity contribution in [2.75, 3.05) is 20.2 Å². The minimum atomic E-state index is -3.86. The van der Waals surface area contributed by atoms with Gasteiger partial charge < -0.3 is 10.1 Å². The number of rotatable bonds is 6. The monoisotopic (exact) mass is 436 g/mol. The van der Waals surface area contributed by atoms with E-state index < -0.39 is 15.4 Å². The zero-order valence-electron chi connectivity index (χ0n) is 16.5. The number of nitrogens with zero attached hydrogens (tertiary/aromatic N) is 1. The summed E-state index contributed by atoms with van der Waals surface area (Å²) in [4.78, 5) is 12.9. The lowest BCUT2D eigenvalue weighted by molar-refractivity contribution is -0.132. The Kier molecular flexibility index (Phi) is 6.51. The zero-order valence-corrected chi connectivity index (χ0v) is 18.1. The van der Waals surface area contributed by atoms with Crippen LogP contribution in [0.4, 0.5) is 0 Å². The number of amides is 1. The molecule has 0 unspecified atom stereocenters. The Morgan fingerprint density at radius 1 is 1.24 bits per heavy atom. The molecule has 1 fully saturated rings. The lowest BCUT2D eigenvalue weighted by Gasteiger charge is -2.38. The molecule has 1 N–H and O–H groups in total. The fraction of sp³-hybridized carbons (Fsp3) is 0.381. The van der Waals surface area contributed by atoms with Gasteiger partial charge in [-0.2, -0.15) is 4.31 Å². The number of carbonyl (C=O) groups excluding carboxylic acids is 1. The molecule has 1 amide bonds. The Morgan fingerprint density at radius 2 is 1.97 bits per heavy atom. The highest BCUT2D eigenvalue weighted by Gasteiger charge is 2.42. The van der Waals surface area contributed by atoms with Gasteiger partial charge in [0.05, 0.1) is 12.5 Å². The number of carbonyl (C=O) groups is 1. The standard InChI is InChI=1S/C21H25ClN2O4S/c1-21(20(25)23-14-16-7-4-3-5-8-16)11-6-12-24(15-21)29(26,27)19-13-17(22)9-10-18(19)28-2/h3-5,7-10,13H,6,11-12,14-15H2,1-2H3,(H,23,25)/t21-/m0/s1. The van der Waals surface area contributed by atoms with Gasteiger partial charge in [-0.05, 0) is 43.5 Å². The van der Waals surface area contributed by atoms with E-state index in [1.807, 2.05) is 37.3 Å². The molecule has 1 aliphatic rings. The summed E-state index contributed by atoms with van der Waals surface area (Å²) in [6.07, 6.45) is 1.21.